The number of aromatic nitrogens is 2. The molecule has 1 aliphatic heterocycles. The largest absolute Gasteiger partial charge is 0.416 e. The van der Waals surface area contributed by atoms with Crippen molar-refractivity contribution in [2.75, 3.05) is 6.54 Å². The van der Waals surface area contributed by atoms with Crippen LogP contribution in [0.3, 0.4) is 0 Å². The van der Waals surface area contributed by atoms with Gasteiger partial charge in [0.25, 0.3) is 5.56 Å². The lowest BCUT2D eigenvalue weighted by atomic mass is 10.0. The standard InChI is InChI=1S/C22H19ClF3N3O/c1-13-3-2-4-18(23)17(13)11-29-10-9-16-19(12-29)27-20(28-21(16)30)14-5-7-15(8-6-14)22(24,25)26/h2-8H,9-12H2,1H3,(H,27,28,30). The highest BCUT2D eigenvalue weighted by atomic mass is 35.5. The number of aromatic amines is 1. The first-order chi connectivity index (χ1) is 14.2. The van der Waals surface area contributed by atoms with Gasteiger partial charge in [-0.3, -0.25) is 9.69 Å². The van der Waals surface area contributed by atoms with Gasteiger partial charge in [0, 0.05) is 35.8 Å². The zero-order valence-electron chi connectivity index (χ0n) is 16.2. The van der Waals surface area contributed by atoms with Crippen molar-refractivity contribution < 1.29 is 13.2 Å². The van der Waals surface area contributed by atoms with Crippen molar-refractivity contribution in [3.8, 4) is 11.4 Å². The molecule has 8 heteroatoms. The van der Waals surface area contributed by atoms with E-state index < -0.39 is 11.7 Å². The van der Waals surface area contributed by atoms with Gasteiger partial charge in [0.05, 0.1) is 11.3 Å². The highest BCUT2D eigenvalue weighted by Gasteiger charge is 2.30. The van der Waals surface area contributed by atoms with Crippen molar-refractivity contribution >= 4 is 11.6 Å². The molecule has 0 unspecified atom stereocenters. The maximum atomic E-state index is 12.8. The number of nitrogens with zero attached hydrogens (tertiary/aromatic N) is 2. The first kappa shape index (κ1) is 20.6. The Morgan fingerprint density at radius 2 is 1.90 bits per heavy atom. The molecule has 0 bridgehead atoms. The number of halogens is 4. The average molecular weight is 434 g/mol. The van der Waals surface area contributed by atoms with Gasteiger partial charge in [-0.15, -0.1) is 0 Å². The zero-order valence-corrected chi connectivity index (χ0v) is 16.9. The maximum absolute atomic E-state index is 12.8. The summed E-state index contributed by atoms with van der Waals surface area (Å²) in [6, 6.07) is 10.4. The van der Waals surface area contributed by atoms with Crippen LogP contribution in [0.5, 0.6) is 0 Å². The van der Waals surface area contributed by atoms with Crippen LogP contribution in [-0.2, 0) is 25.7 Å². The van der Waals surface area contributed by atoms with Crippen molar-refractivity contribution in [1.29, 1.82) is 0 Å². The number of benzene rings is 2. The highest BCUT2D eigenvalue weighted by Crippen LogP contribution is 2.30. The van der Waals surface area contributed by atoms with Gasteiger partial charge in [0.15, 0.2) is 0 Å². The monoisotopic (exact) mass is 433 g/mol. The van der Waals surface area contributed by atoms with E-state index in [1.54, 1.807) is 0 Å². The summed E-state index contributed by atoms with van der Waals surface area (Å²) in [4.78, 5) is 22.0. The molecule has 4 nitrogen and oxygen atoms in total. The van der Waals surface area contributed by atoms with Crippen LogP contribution in [0.15, 0.2) is 47.3 Å². The molecule has 0 fully saturated rings. The van der Waals surface area contributed by atoms with Crippen molar-refractivity contribution in [1.82, 2.24) is 14.9 Å². The molecule has 4 rings (SSSR count). The Balaban J connectivity index is 1.61. The molecule has 2 heterocycles. The molecule has 0 aliphatic carbocycles. The second kappa shape index (κ2) is 7.89. The minimum absolute atomic E-state index is 0.247. The molecular formula is C22H19ClF3N3O. The quantitative estimate of drug-likeness (QED) is 0.634. The van der Waals surface area contributed by atoms with E-state index in [1.165, 1.54) is 12.1 Å². The molecule has 2 aromatic carbocycles. The number of hydrogen-bond acceptors (Lipinski definition) is 3. The summed E-state index contributed by atoms with van der Waals surface area (Å²) in [7, 11) is 0. The molecule has 1 aliphatic rings. The summed E-state index contributed by atoms with van der Waals surface area (Å²) in [5.74, 6) is 0.267. The fourth-order valence-electron chi connectivity index (χ4n) is 3.67. The third-order valence-electron chi connectivity index (χ3n) is 5.37. The average Bonchev–Trinajstić information content (AvgIpc) is 2.70. The first-order valence-electron chi connectivity index (χ1n) is 9.48. The van der Waals surface area contributed by atoms with Gasteiger partial charge in [-0.1, -0.05) is 35.9 Å². The molecule has 0 radical (unpaired) electrons. The first-order valence-corrected chi connectivity index (χ1v) is 9.86. The third kappa shape index (κ3) is 4.13. The predicted molar refractivity (Wildman–Crippen MR) is 109 cm³/mol. The van der Waals surface area contributed by atoms with E-state index in [4.69, 9.17) is 11.6 Å². The summed E-state index contributed by atoms with van der Waals surface area (Å²) >= 11 is 6.35. The van der Waals surface area contributed by atoms with Crippen LogP contribution in [0, 0.1) is 6.92 Å². The van der Waals surface area contributed by atoms with E-state index in [0.717, 1.165) is 23.3 Å². The van der Waals surface area contributed by atoms with Gasteiger partial charge in [-0.05, 0) is 42.7 Å². The van der Waals surface area contributed by atoms with Crippen molar-refractivity contribution in [3.63, 3.8) is 0 Å². The van der Waals surface area contributed by atoms with Crippen molar-refractivity contribution in [2.45, 2.75) is 32.6 Å². The topological polar surface area (TPSA) is 49.0 Å². The van der Waals surface area contributed by atoms with Crippen LogP contribution in [0.4, 0.5) is 13.2 Å². The number of nitrogens with one attached hydrogen (secondary N) is 1. The van der Waals surface area contributed by atoms with Crippen LogP contribution < -0.4 is 5.56 Å². The van der Waals surface area contributed by atoms with E-state index in [0.29, 0.717) is 47.9 Å². The van der Waals surface area contributed by atoms with Crippen LogP contribution in [0.2, 0.25) is 5.02 Å². The minimum atomic E-state index is -4.41. The molecule has 0 spiro atoms. The molecule has 1 N–H and O–H groups in total. The predicted octanol–water partition coefficient (Wildman–Crippen LogP) is 4.98. The lowest BCUT2D eigenvalue weighted by molar-refractivity contribution is -0.137. The fraction of sp³-hybridized carbons (Fsp3) is 0.273. The molecule has 0 amide bonds. The Morgan fingerprint density at radius 1 is 1.17 bits per heavy atom. The number of hydrogen-bond donors (Lipinski definition) is 1. The Kier molecular flexibility index (Phi) is 5.42. The van der Waals surface area contributed by atoms with E-state index >= 15 is 0 Å². The third-order valence-corrected chi connectivity index (χ3v) is 5.73. The summed E-state index contributed by atoms with van der Waals surface area (Å²) in [6.07, 6.45) is -3.86. The Morgan fingerprint density at radius 3 is 2.57 bits per heavy atom. The van der Waals surface area contributed by atoms with E-state index in [2.05, 4.69) is 14.9 Å². The molecule has 0 atom stereocenters. The van der Waals surface area contributed by atoms with E-state index in [1.807, 2.05) is 25.1 Å². The van der Waals surface area contributed by atoms with Crippen LogP contribution in [-0.4, -0.2) is 21.4 Å². The van der Waals surface area contributed by atoms with E-state index in [-0.39, 0.29) is 11.4 Å². The van der Waals surface area contributed by atoms with Gasteiger partial charge in [0.1, 0.15) is 5.82 Å². The van der Waals surface area contributed by atoms with E-state index in [9.17, 15) is 18.0 Å². The SMILES string of the molecule is Cc1cccc(Cl)c1CN1CCc2c(nc(-c3ccc(C(F)(F)F)cc3)[nH]c2=O)C1. The summed E-state index contributed by atoms with van der Waals surface area (Å²) in [5.41, 5.74) is 2.84. The number of aryl methyl sites for hydroxylation is 1. The second-order valence-electron chi connectivity index (χ2n) is 7.41. The summed E-state index contributed by atoms with van der Waals surface area (Å²) in [6.45, 7) is 3.80. The Hall–Kier alpha value is -2.64. The number of alkyl halides is 3. The second-order valence-corrected chi connectivity index (χ2v) is 7.82. The lowest BCUT2D eigenvalue weighted by Gasteiger charge is -2.28. The van der Waals surface area contributed by atoms with Crippen LogP contribution in [0.25, 0.3) is 11.4 Å². The smallest absolute Gasteiger partial charge is 0.306 e. The van der Waals surface area contributed by atoms with Gasteiger partial charge in [-0.2, -0.15) is 13.2 Å². The summed E-state index contributed by atoms with van der Waals surface area (Å²) < 4.78 is 38.4. The molecular weight excluding hydrogens is 415 g/mol. The fourth-order valence-corrected chi connectivity index (χ4v) is 3.95. The van der Waals surface area contributed by atoms with Gasteiger partial charge in [-0.25, -0.2) is 4.98 Å². The van der Waals surface area contributed by atoms with Gasteiger partial charge in [0.2, 0.25) is 0 Å². The molecule has 30 heavy (non-hydrogen) atoms. The van der Waals surface area contributed by atoms with Gasteiger partial charge >= 0.3 is 6.18 Å². The van der Waals surface area contributed by atoms with Crippen LogP contribution in [0.1, 0.15) is 27.9 Å². The number of fused-ring (bicyclic) bond motifs is 1. The molecule has 0 saturated heterocycles. The maximum Gasteiger partial charge on any atom is 0.416 e. The molecule has 0 saturated carbocycles. The van der Waals surface area contributed by atoms with Crippen molar-refractivity contribution in [3.05, 3.63) is 85.8 Å². The lowest BCUT2D eigenvalue weighted by Crippen LogP contribution is -2.35. The Labute approximate surface area is 176 Å². The molecule has 3 aromatic rings. The number of H-pyrrole nitrogens is 1. The summed E-state index contributed by atoms with van der Waals surface area (Å²) in [5, 5.41) is 0.699. The highest BCUT2D eigenvalue weighted by molar-refractivity contribution is 6.31. The number of rotatable bonds is 3. The molecule has 1 aromatic heterocycles. The van der Waals surface area contributed by atoms with Crippen molar-refractivity contribution in [2.24, 2.45) is 0 Å². The normalized spacial score (nSPS) is 14.6. The van der Waals surface area contributed by atoms with Gasteiger partial charge < -0.3 is 4.98 Å². The molecule has 156 valence electrons. The minimum Gasteiger partial charge on any atom is -0.306 e. The Bertz CT molecular complexity index is 1120. The zero-order chi connectivity index (χ0) is 21.5. The van der Waals surface area contributed by atoms with Crippen LogP contribution >= 0.6 is 11.6 Å².